The number of para-hydroxylation sites is 2. The lowest BCUT2D eigenvalue weighted by Gasteiger charge is -2.27. The first-order valence-corrected chi connectivity index (χ1v) is 20.8. The molecular formula is C58H38N2O. The van der Waals surface area contributed by atoms with E-state index in [-0.39, 0.29) is 0 Å². The fourth-order valence-electron chi connectivity index (χ4n) is 9.31. The predicted molar refractivity (Wildman–Crippen MR) is 257 cm³/mol. The molecule has 3 nitrogen and oxygen atoms in total. The van der Waals surface area contributed by atoms with Crippen LogP contribution in [0.4, 0.5) is 17.1 Å². The van der Waals surface area contributed by atoms with Crippen molar-refractivity contribution in [2.24, 2.45) is 0 Å². The van der Waals surface area contributed by atoms with Gasteiger partial charge < -0.3 is 13.9 Å². The predicted octanol–water partition coefficient (Wildman–Crippen LogP) is 16.3. The molecule has 0 atom stereocenters. The molecule has 0 aliphatic heterocycles. The van der Waals surface area contributed by atoms with Crippen molar-refractivity contribution < 1.29 is 4.42 Å². The smallest absolute Gasteiger partial charge is 0.137 e. The van der Waals surface area contributed by atoms with Crippen molar-refractivity contribution in [2.75, 3.05) is 4.90 Å². The van der Waals surface area contributed by atoms with Crippen LogP contribution < -0.4 is 4.90 Å². The fraction of sp³-hybridized carbons (Fsp3) is 0. The molecule has 0 N–H and O–H groups in total. The van der Waals surface area contributed by atoms with Crippen LogP contribution in [0.1, 0.15) is 0 Å². The lowest BCUT2D eigenvalue weighted by Crippen LogP contribution is -2.10. The topological polar surface area (TPSA) is 21.3 Å². The van der Waals surface area contributed by atoms with Crippen molar-refractivity contribution in [1.82, 2.24) is 4.57 Å². The highest BCUT2D eigenvalue weighted by molar-refractivity contribution is 6.23. The summed E-state index contributed by atoms with van der Waals surface area (Å²) in [5, 5.41) is 7.02. The second kappa shape index (κ2) is 14.3. The molecule has 0 unspecified atom stereocenters. The Morgan fingerprint density at radius 2 is 0.902 bits per heavy atom. The van der Waals surface area contributed by atoms with Crippen LogP contribution in [0.3, 0.4) is 0 Å². The highest BCUT2D eigenvalue weighted by atomic mass is 16.3. The molecule has 10 aromatic carbocycles. The van der Waals surface area contributed by atoms with Crippen molar-refractivity contribution in [3.8, 4) is 39.1 Å². The number of rotatable bonds is 7. The number of hydrogen-bond acceptors (Lipinski definition) is 2. The van der Waals surface area contributed by atoms with E-state index in [1.165, 1.54) is 49.6 Å². The van der Waals surface area contributed by atoms with Gasteiger partial charge in [-0.3, -0.25) is 0 Å². The van der Waals surface area contributed by atoms with Gasteiger partial charge in [0, 0.05) is 33.2 Å². The van der Waals surface area contributed by atoms with Gasteiger partial charge in [0.05, 0.1) is 22.1 Å². The molecule has 0 spiro atoms. The molecule has 0 saturated heterocycles. The number of hydrogen-bond donors (Lipinski definition) is 0. The van der Waals surface area contributed by atoms with E-state index in [1.807, 2.05) is 0 Å². The normalized spacial score (nSPS) is 11.6. The molecule has 61 heavy (non-hydrogen) atoms. The molecule has 0 saturated carbocycles. The Labute approximate surface area is 353 Å². The van der Waals surface area contributed by atoms with E-state index in [4.69, 9.17) is 4.42 Å². The maximum Gasteiger partial charge on any atom is 0.137 e. The number of anilines is 3. The van der Waals surface area contributed by atoms with Gasteiger partial charge in [-0.05, 0) is 117 Å². The van der Waals surface area contributed by atoms with Crippen molar-refractivity contribution in [1.29, 1.82) is 0 Å². The molecule has 0 aliphatic carbocycles. The van der Waals surface area contributed by atoms with Gasteiger partial charge in [-0.15, -0.1) is 0 Å². The highest BCUT2D eigenvalue weighted by Crippen LogP contribution is 2.46. The zero-order chi connectivity index (χ0) is 40.3. The molecular weight excluding hydrogens is 741 g/mol. The molecule has 2 aromatic heterocycles. The zero-order valence-corrected chi connectivity index (χ0v) is 33.2. The molecule has 0 amide bonds. The summed E-state index contributed by atoms with van der Waals surface area (Å²) in [6.45, 7) is 0. The van der Waals surface area contributed by atoms with Crippen LogP contribution in [0.15, 0.2) is 235 Å². The summed E-state index contributed by atoms with van der Waals surface area (Å²) in [6.07, 6.45) is 0. The minimum absolute atomic E-state index is 0.855. The minimum Gasteiger partial charge on any atom is -0.456 e. The second-order valence-corrected chi connectivity index (χ2v) is 15.7. The molecule has 0 aliphatic rings. The van der Waals surface area contributed by atoms with Gasteiger partial charge in [0.1, 0.15) is 11.2 Å². The van der Waals surface area contributed by atoms with Gasteiger partial charge in [-0.25, -0.2) is 0 Å². The summed E-state index contributed by atoms with van der Waals surface area (Å²) in [5.41, 5.74) is 15.5. The maximum atomic E-state index is 6.71. The van der Waals surface area contributed by atoms with Gasteiger partial charge in [0.25, 0.3) is 0 Å². The van der Waals surface area contributed by atoms with E-state index < -0.39 is 0 Å². The van der Waals surface area contributed by atoms with Crippen LogP contribution in [-0.2, 0) is 0 Å². The standard InChI is InChI=1S/C58H38N2O/c1-4-14-39(15-5-1)41-26-31-47(32-27-41)59(48-21-12-18-42(37-48)40-16-6-2-7-17-40)53-24-13-25-55-58(53)57-49-33-28-43(36-45(49)30-35-56(57)61-55)44-29-34-51-50-22-10-11-23-52(50)60(54(51)38-44)46-19-8-3-9-20-46/h1-38H. The monoisotopic (exact) mass is 778 g/mol. The Balaban J connectivity index is 1.03. The first-order valence-electron chi connectivity index (χ1n) is 20.8. The van der Waals surface area contributed by atoms with Gasteiger partial charge in [0.2, 0.25) is 0 Å². The van der Waals surface area contributed by atoms with Crippen LogP contribution >= 0.6 is 0 Å². The van der Waals surface area contributed by atoms with Gasteiger partial charge in [0.15, 0.2) is 0 Å². The average molecular weight is 779 g/mol. The first kappa shape index (κ1) is 34.9. The lowest BCUT2D eigenvalue weighted by molar-refractivity contribution is 0.669. The Bertz CT molecular complexity index is 3570. The molecule has 2 heterocycles. The van der Waals surface area contributed by atoms with Crippen LogP contribution in [0.2, 0.25) is 0 Å². The van der Waals surface area contributed by atoms with Crippen LogP contribution in [0.5, 0.6) is 0 Å². The third-order valence-electron chi connectivity index (χ3n) is 12.2. The lowest BCUT2D eigenvalue weighted by atomic mass is 9.97. The molecule has 3 heteroatoms. The summed E-state index contributed by atoms with van der Waals surface area (Å²) in [4.78, 5) is 2.38. The van der Waals surface area contributed by atoms with Crippen LogP contribution in [0, 0.1) is 0 Å². The summed E-state index contributed by atoms with van der Waals surface area (Å²) >= 11 is 0. The third kappa shape index (κ3) is 5.90. The van der Waals surface area contributed by atoms with Crippen molar-refractivity contribution in [3.05, 3.63) is 231 Å². The summed E-state index contributed by atoms with van der Waals surface area (Å²) in [6, 6.07) is 82.8. The second-order valence-electron chi connectivity index (χ2n) is 15.7. The van der Waals surface area contributed by atoms with Crippen molar-refractivity contribution >= 4 is 71.6 Å². The highest BCUT2D eigenvalue weighted by Gasteiger charge is 2.22. The summed E-state index contributed by atoms with van der Waals surface area (Å²) in [7, 11) is 0. The number of benzene rings is 10. The SMILES string of the molecule is c1ccc(-c2ccc(N(c3cccc(-c4ccccc4)c3)c3cccc4oc5ccc6cc(-c7ccc8c9ccccc9n(-c9ccccc9)c8c7)ccc6c5c34)cc2)cc1. The number of fused-ring (bicyclic) bond motifs is 8. The molecule has 0 fully saturated rings. The van der Waals surface area contributed by atoms with Crippen LogP contribution in [-0.4, -0.2) is 4.57 Å². The van der Waals surface area contributed by atoms with E-state index >= 15 is 0 Å². The largest absolute Gasteiger partial charge is 0.456 e. The van der Waals surface area contributed by atoms with Crippen molar-refractivity contribution in [2.45, 2.75) is 0 Å². The van der Waals surface area contributed by atoms with E-state index in [2.05, 4.69) is 240 Å². The fourth-order valence-corrected chi connectivity index (χ4v) is 9.31. The number of aromatic nitrogens is 1. The Hall–Kier alpha value is -8.14. The Morgan fingerprint density at radius 1 is 0.328 bits per heavy atom. The third-order valence-corrected chi connectivity index (χ3v) is 12.2. The van der Waals surface area contributed by atoms with Gasteiger partial charge in [-0.2, -0.15) is 0 Å². The molecule has 12 aromatic rings. The summed E-state index contributed by atoms with van der Waals surface area (Å²) < 4.78 is 9.09. The van der Waals surface area contributed by atoms with E-state index in [1.54, 1.807) is 0 Å². The quantitative estimate of drug-likeness (QED) is 0.161. The van der Waals surface area contributed by atoms with Gasteiger partial charge in [-0.1, -0.05) is 158 Å². The van der Waals surface area contributed by atoms with E-state index in [0.717, 1.165) is 61.0 Å². The average Bonchev–Trinajstić information content (AvgIpc) is 3.89. The van der Waals surface area contributed by atoms with Gasteiger partial charge >= 0.3 is 0 Å². The van der Waals surface area contributed by atoms with Crippen LogP contribution in [0.25, 0.3) is 93.6 Å². The number of furan rings is 1. The van der Waals surface area contributed by atoms with Crippen molar-refractivity contribution in [3.63, 3.8) is 0 Å². The maximum absolute atomic E-state index is 6.71. The first-order chi connectivity index (χ1) is 30.2. The Morgan fingerprint density at radius 3 is 1.69 bits per heavy atom. The Kier molecular flexibility index (Phi) is 8.17. The van der Waals surface area contributed by atoms with E-state index in [9.17, 15) is 0 Å². The summed E-state index contributed by atoms with van der Waals surface area (Å²) in [5.74, 6) is 0. The number of nitrogens with zero attached hydrogens (tertiary/aromatic N) is 2. The molecule has 0 bridgehead atoms. The van der Waals surface area contributed by atoms with E-state index in [0.29, 0.717) is 0 Å². The zero-order valence-electron chi connectivity index (χ0n) is 33.2. The molecule has 12 rings (SSSR count). The molecule has 0 radical (unpaired) electrons. The molecule has 286 valence electrons. The minimum atomic E-state index is 0.855.